The lowest BCUT2D eigenvalue weighted by atomic mass is 10.2. The normalized spacial score (nSPS) is 10.6. The van der Waals surface area contributed by atoms with Crippen LogP contribution in [0.1, 0.15) is 11.3 Å². The van der Waals surface area contributed by atoms with E-state index in [4.69, 9.17) is 11.6 Å². The molecule has 0 radical (unpaired) electrons. The van der Waals surface area contributed by atoms with Crippen molar-refractivity contribution < 1.29 is 9.18 Å². The first kappa shape index (κ1) is 17.9. The third-order valence-electron chi connectivity index (χ3n) is 3.23. The molecular formula is C18H14ClFN2OS2. The Balaban J connectivity index is 1.53. The van der Waals surface area contributed by atoms with E-state index in [0.29, 0.717) is 16.4 Å². The van der Waals surface area contributed by atoms with Crippen molar-refractivity contribution in [3.8, 4) is 0 Å². The highest BCUT2D eigenvalue weighted by molar-refractivity contribution is 8.00. The first-order chi connectivity index (χ1) is 12.1. The number of carbonyl (C=O) groups is 1. The molecule has 1 N–H and O–H groups in total. The number of hydrogen-bond donors (Lipinski definition) is 1. The van der Waals surface area contributed by atoms with Crippen LogP contribution < -0.4 is 5.32 Å². The molecule has 2 aromatic carbocycles. The average molecular weight is 393 g/mol. The number of rotatable bonds is 6. The molecule has 0 aliphatic rings. The molecule has 0 aliphatic heterocycles. The number of hydrogen-bond acceptors (Lipinski definition) is 4. The monoisotopic (exact) mass is 392 g/mol. The van der Waals surface area contributed by atoms with Crippen LogP contribution >= 0.6 is 34.7 Å². The number of carbonyl (C=O) groups excluding carboxylic acids is 1. The van der Waals surface area contributed by atoms with E-state index in [1.807, 2.05) is 29.6 Å². The van der Waals surface area contributed by atoms with Gasteiger partial charge < -0.3 is 5.32 Å². The lowest BCUT2D eigenvalue weighted by Crippen LogP contribution is -2.14. The van der Waals surface area contributed by atoms with Crippen LogP contribution in [0.15, 0.2) is 58.3 Å². The van der Waals surface area contributed by atoms with Crippen LogP contribution in [0.5, 0.6) is 0 Å². The summed E-state index contributed by atoms with van der Waals surface area (Å²) in [5.41, 5.74) is 2.27. The van der Waals surface area contributed by atoms with Gasteiger partial charge in [-0.3, -0.25) is 4.79 Å². The van der Waals surface area contributed by atoms with Crippen molar-refractivity contribution >= 4 is 46.3 Å². The maximum Gasteiger partial charge on any atom is 0.230 e. The van der Waals surface area contributed by atoms with Crippen molar-refractivity contribution in [1.82, 2.24) is 4.98 Å². The third-order valence-corrected chi connectivity index (χ3v) is 5.61. The first-order valence-electron chi connectivity index (χ1n) is 7.45. The zero-order valence-corrected chi connectivity index (χ0v) is 15.4. The van der Waals surface area contributed by atoms with Crippen LogP contribution in [-0.4, -0.2) is 10.9 Å². The summed E-state index contributed by atoms with van der Waals surface area (Å²) >= 11 is 9.08. The van der Waals surface area contributed by atoms with Crippen LogP contribution in [0.2, 0.25) is 5.02 Å². The SMILES string of the molecule is O=C(Cc1csc(SCc2cccc(Cl)c2)n1)Nc1cccc(F)c1. The molecule has 0 bridgehead atoms. The summed E-state index contributed by atoms with van der Waals surface area (Å²) < 4.78 is 14.0. The van der Waals surface area contributed by atoms with Gasteiger partial charge in [-0.15, -0.1) is 11.3 Å². The Morgan fingerprint density at radius 1 is 1.24 bits per heavy atom. The summed E-state index contributed by atoms with van der Waals surface area (Å²) in [6, 6.07) is 13.5. The van der Waals surface area contributed by atoms with Crippen LogP contribution in [-0.2, 0) is 17.0 Å². The highest BCUT2D eigenvalue weighted by atomic mass is 35.5. The maximum atomic E-state index is 13.1. The number of halogens is 2. The van der Waals surface area contributed by atoms with Gasteiger partial charge in [0.2, 0.25) is 5.91 Å². The number of nitrogens with zero attached hydrogens (tertiary/aromatic N) is 1. The number of thiazole rings is 1. The van der Waals surface area contributed by atoms with Gasteiger partial charge in [0.05, 0.1) is 12.1 Å². The number of benzene rings is 2. The summed E-state index contributed by atoms with van der Waals surface area (Å²) in [4.78, 5) is 16.5. The molecule has 7 heteroatoms. The molecule has 128 valence electrons. The Kier molecular flexibility index (Phi) is 6.07. The van der Waals surface area contributed by atoms with Gasteiger partial charge in [-0.2, -0.15) is 0 Å². The van der Waals surface area contributed by atoms with E-state index in [9.17, 15) is 9.18 Å². The molecule has 0 saturated heterocycles. The van der Waals surface area contributed by atoms with E-state index in [1.165, 1.54) is 23.5 Å². The first-order valence-corrected chi connectivity index (χ1v) is 9.70. The predicted octanol–water partition coefficient (Wildman–Crippen LogP) is 5.41. The van der Waals surface area contributed by atoms with Crippen molar-refractivity contribution in [2.45, 2.75) is 16.5 Å². The summed E-state index contributed by atoms with van der Waals surface area (Å²) in [6.07, 6.45) is 0.157. The van der Waals surface area contributed by atoms with Crippen molar-refractivity contribution in [3.63, 3.8) is 0 Å². The van der Waals surface area contributed by atoms with Gasteiger partial charge in [0.15, 0.2) is 0 Å². The molecule has 3 rings (SSSR count). The Hall–Kier alpha value is -1.89. The minimum atomic E-state index is -0.383. The second-order valence-corrected chi connectivity index (χ2v) is 7.78. The largest absolute Gasteiger partial charge is 0.326 e. The van der Waals surface area contributed by atoms with Crippen LogP contribution in [0.3, 0.4) is 0 Å². The topological polar surface area (TPSA) is 42.0 Å². The summed E-state index contributed by atoms with van der Waals surface area (Å²) in [5.74, 6) is 0.164. The molecule has 3 aromatic rings. The smallest absolute Gasteiger partial charge is 0.230 e. The van der Waals surface area contributed by atoms with Gasteiger partial charge in [-0.1, -0.05) is 41.6 Å². The lowest BCUT2D eigenvalue weighted by Gasteiger charge is -2.03. The van der Waals surface area contributed by atoms with E-state index in [2.05, 4.69) is 10.3 Å². The summed E-state index contributed by atoms with van der Waals surface area (Å²) in [6.45, 7) is 0. The third kappa shape index (κ3) is 5.56. The summed E-state index contributed by atoms with van der Waals surface area (Å²) in [5, 5.41) is 5.25. The Morgan fingerprint density at radius 2 is 2.08 bits per heavy atom. The van der Waals surface area contributed by atoms with Gasteiger partial charge in [0.25, 0.3) is 0 Å². The van der Waals surface area contributed by atoms with Gasteiger partial charge in [-0.25, -0.2) is 9.37 Å². The molecule has 0 unspecified atom stereocenters. The fourth-order valence-corrected chi connectivity index (χ4v) is 4.14. The van der Waals surface area contributed by atoms with Crippen molar-refractivity contribution in [2.75, 3.05) is 5.32 Å². The van der Waals surface area contributed by atoms with Crippen LogP contribution in [0, 0.1) is 5.82 Å². The zero-order valence-electron chi connectivity index (χ0n) is 13.0. The standard InChI is InChI=1S/C18H14ClFN2OS2/c19-13-4-1-3-12(7-13)10-24-18-22-16(11-25-18)9-17(23)21-15-6-2-5-14(20)8-15/h1-8,11H,9-10H2,(H,21,23). The van der Waals surface area contributed by atoms with Gasteiger partial charge >= 0.3 is 0 Å². The number of aromatic nitrogens is 1. The van der Waals surface area contributed by atoms with E-state index < -0.39 is 0 Å². The quantitative estimate of drug-likeness (QED) is 0.570. The van der Waals surface area contributed by atoms with Crippen molar-refractivity contribution in [3.05, 3.63) is 76.0 Å². The molecule has 1 amide bonds. The van der Waals surface area contributed by atoms with E-state index >= 15 is 0 Å². The minimum absolute atomic E-state index is 0.157. The van der Waals surface area contributed by atoms with Gasteiger partial charge in [-0.05, 0) is 35.9 Å². The predicted molar refractivity (Wildman–Crippen MR) is 102 cm³/mol. The Morgan fingerprint density at radius 3 is 2.88 bits per heavy atom. The molecular weight excluding hydrogens is 379 g/mol. The highest BCUT2D eigenvalue weighted by Crippen LogP contribution is 2.27. The van der Waals surface area contributed by atoms with Crippen LogP contribution in [0.4, 0.5) is 10.1 Å². The number of anilines is 1. The maximum absolute atomic E-state index is 13.1. The van der Waals surface area contributed by atoms with Gasteiger partial charge in [0, 0.05) is 21.8 Å². The molecule has 3 nitrogen and oxygen atoms in total. The lowest BCUT2D eigenvalue weighted by molar-refractivity contribution is -0.115. The second-order valence-electron chi connectivity index (χ2n) is 5.26. The molecule has 1 aromatic heterocycles. The molecule has 1 heterocycles. The van der Waals surface area contributed by atoms with E-state index in [0.717, 1.165) is 15.7 Å². The fourth-order valence-electron chi connectivity index (χ4n) is 2.14. The van der Waals surface area contributed by atoms with E-state index in [1.54, 1.807) is 23.9 Å². The Labute approximate surface area is 158 Å². The van der Waals surface area contributed by atoms with E-state index in [-0.39, 0.29) is 18.1 Å². The Bertz CT molecular complexity index is 885. The van der Waals surface area contributed by atoms with Gasteiger partial charge in [0.1, 0.15) is 10.2 Å². The van der Waals surface area contributed by atoms with Crippen LogP contribution in [0.25, 0.3) is 0 Å². The minimum Gasteiger partial charge on any atom is -0.326 e. The van der Waals surface area contributed by atoms with Crippen molar-refractivity contribution in [2.24, 2.45) is 0 Å². The molecule has 0 saturated carbocycles. The molecule has 0 fully saturated rings. The number of amides is 1. The average Bonchev–Trinajstić information content (AvgIpc) is 3.00. The number of thioether (sulfide) groups is 1. The molecule has 0 atom stereocenters. The summed E-state index contributed by atoms with van der Waals surface area (Å²) in [7, 11) is 0. The number of nitrogens with one attached hydrogen (secondary N) is 1. The molecule has 0 aliphatic carbocycles. The molecule has 25 heavy (non-hydrogen) atoms. The second kappa shape index (κ2) is 8.47. The fraction of sp³-hybridized carbons (Fsp3) is 0.111. The van der Waals surface area contributed by atoms with Crippen molar-refractivity contribution in [1.29, 1.82) is 0 Å². The highest BCUT2D eigenvalue weighted by Gasteiger charge is 2.09. The zero-order chi connectivity index (χ0) is 17.6. The molecule has 0 spiro atoms.